The zero-order valence-corrected chi connectivity index (χ0v) is 10.3. The maximum atomic E-state index is 12.6. The number of alkyl halides is 3. The van der Waals surface area contributed by atoms with E-state index in [4.69, 9.17) is 10.5 Å². The van der Waals surface area contributed by atoms with Crippen LogP contribution in [0.25, 0.3) is 0 Å². The highest BCUT2D eigenvalue weighted by Crippen LogP contribution is 2.31. The molecule has 17 heavy (non-hydrogen) atoms. The van der Waals surface area contributed by atoms with Gasteiger partial charge in [0.05, 0.1) is 6.61 Å². The Labute approximate surface area is 101 Å². The van der Waals surface area contributed by atoms with Crippen LogP contribution in [0, 0.1) is 11.8 Å². The van der Waals surface area contributed by atoms with E-state index < -0.39 is 12.3 Å². The Balaban J connectivity index is 2.35. The van der Waals surface area contributed by atoms with Gasteiger partial charge in [-0.3, -0.25) is 0 Å². The van der Waals surface area contributed by atoms with Crippen LogP contribution in [0.1, 0.15) is 39.0 Å². The summed E-state index contributed by atoms with van der Waals surface area (Å²) >= 11 is 0. The predicted molar refractivity (Wildman–Crippen MR) is 60.6 cm³/mol. The van der Waals surface area contributed by atoms with Gasteiger partial charge in [0.1, 0.15) is 0 Å². The molecule has 1 aliphatic carbocycles. The Bertz CT molecular complexity index is 220. The fourth-order valence-electron chi connectivity index (χ4n) is 2.46. The first kappa shape index (κ1) is 14.8. The van der Waals surface area contributed by atoms with Crippen molar-refractivity contribution in [2.24, 2.45) is 17.6 Å². The molecule has 0 aromatic carbocycles. The Morgan fingerprint density at radius 2 is 2.06 bits per heavy atom. The molecular weight excluding hydrogens is 231 g/mol. The van der Waals surface area contributed by atoms with Gasteiger partial charge in [-0.2, -0.15) is 13.2 Å². The van der Waals surface area contributed by atoms with Crippen LogP contribution < -0.4 is 5.73 Å². The molecule has 0 amide bonds. The summed E-state index contributed by atoms with van der Waals surface area (Å²) in [5, 5.41) is 0. The zero-order chi connectivity index (χ0) is 12.9. The van der Waals surface area contributed by atoms with Crippen LogP contribution in [-0.2, 0) is 4.74 Å². The van der Waals surface area contributed by atoms with E-state index in [0.717, 1.165) is 19.3 Å². The lowest BCUT2D eigenvalue weighted by Crippen LogP contribution is -2.35. The topological polar surface area (TPSA) is 35.2 Å². The highest BCUT2D eigenvalue weighted by Gasteiger charge is 2.40. The van der Waals surface area contributed by atoms with Gasteiger partial charge < -0.3 is 10.5 Å². The van der Waals surface area contributed by atoms with E-state index in [1.165, 1.54) is 6.42 Å². The molecule has 3 unspecified atom stereocenters. The van der Waals surface area contributed by atoms with E-state index in [1.807, 2.05) is 0 Å². The fraction of sp³-hybridized carbons (Fsp3) is 1.00. The third-order valence-electron chi connectivity index (χ3n) is 3.37. The Morgan fingerprint density at radius 3 is 2.59 bits per heavy atom. The van der Waals surface area contributed by atoms with Gasteiger partial charge in [0.15, 0.2) is 6.10 Å². The summed E-state index contributed by atoms with van der Waals surface area (Å²) in [6, 6.07) is 0. The van der Waals surface area contributed by atoms with Crippen LogP contribution >= 0.6 is 0 Å². The average Bonchev–Trinajstić information content (AvgIpc) is 2.22. The summed E-state index contributed by atoms with van der Waals surface area (Å²) in [7, 11) is 0. The smallest absolute Gasteiger partial charge is 0.368 e. The molecule has 0 spiro atoms. The second-order valence-electron chi connectivity index (χ2n) is 5.08. The van der Waals surface area contributed by atoms with Gasteiger partial charge >= 0.3 is 6.18 Å². The Hall–Kier alpha value is -0.290. The zero-order valence-electron chi connectivity index (χ0n) is 10.3. The van der Waals surface area contributed by atoms with E-state index >= 15 is 0 Å². The molecule has 0 saturated heterocycles. The van der Waals surface area contributed by atoms with E-state index in [-0.39, 0.29) is 25.5 Å². The van der Waals surface area contributed by atoms with Crippen molar-refractivity contribution in [2.45, 2.75) is 51.3 Å². The molecule has 0 bridgehead atoms. The summed E-state index contributed by atoms with van der Waals surface area (Å²) in [6.45, 7) is 2.37. The molecule has 0 aliphatic heterocycles. The fourth-order valence-corrected chi connectivity index (χ4v) is 2.46. The SMILES string of the molecule is CC1CCCC(COC(CCN)C(F)(F)F)C1. The van der Waals surface area contributed by atoms with Gasteiger partial charge in [-0.1, -0.05) is 19.8 Å². The highest BCUT2D eigenvalue weighted by molar-refractivity contribution is 4.73. The number of rotatable bonds is 5. The van der Waals surface area contributed by atoms with Crippen molar-refractivity contribution in [3.63, 3.8) is 0 Å². The van der Waals surface area contributed by atoms with Crippen LogP contribution in [-0.4, -0.2) is 25.4 Å². The largest absolute Gasteiger partial charge is 0.414 e. The molecule has 0 aromatic heterocycles. The highest BCUT2D eigenvalue weighted by atomic mass is 19.4. The van der Waals surface area contributed by atoms with Crippen LogP contribution in [0.4, 0.5) is 13.2 Å². The quantitative estimate of drug-likeness (QED) is 0.817. The normalized spacial score (nSPS) is 28.1. The molecule has 1 fully saturated rings. The van der Waals surface area contributed by atoms with Gasteiger partial charge in [-0.25, -0.2) is 0 Å². The number of ether oxygens (including phenoxy) is 1. The molecular formula is C12H22F3NO. The van der Waals surface area contributed by atoms with Crippen LogP contribution in [0.5, 0.6) is 0 Å². The summed E-state index contributed by atoms with van der Waals surface area (Å²) in [4.78, 5) is 0. The predicted octanol–water partition coefficient (Wildman–Crippen LogP) is 3.11. The molecule has 3 atom stereocenters. The molecule has 0 radical (unpaired) electrons. The summed E-state index contributed by atoms with van der Waals surface area (Å²) in [5.74, 6) is 0.887. The van der Waals surface area contributed by atoms with Crippen LogP contribution in [0.2, 0.25) is 0 Å². The molecule has 0 heterocycles. The number of hydrogen-bond acceptors (Lipinski definition) is 2. The maximum absolute atomic E-state index is 12.6. The summed E-state index contributed by atoms with van der Waals surface area (Å²) < 4.78 is 42.7. The van der Waals surface area contributed by atoms with E-state index in [1.54, 1.807) is 0 Å². The molecule has 2 N–H and O–H groups in total. The maximum Gasteiger partial charge on any atom is 0.414 e. The van der Waals surface area contributed by atoms with E-state index in [0.29, 0.717) is 5.92 Å². The lowest BCUT2D eigenvalue weighted by Gasteiger charge is -2.28. The van der Waals surface area contributed by atoms with E-state index in [9.17, 15) is 13.2 Å². The molecule has 102 valence electrons. The van der Waals surface area contributed by atoms with Gasteiger partial charge in [0.25, 0.3) is 0 Å². The second-order valence-corrected chi connectivity index (χ2v) is 5.08. The Kier molecular flexibility index (Phi) is 5.73. The summed E-state index contributed by atoms with van der Waals surface area (Å²) in [5.41, 5.74) is 5.18. The standard InChI is InChI=1S/C12H22F3NO/c1-9-3-2-4-10(7-9)8-17-11(5-6-16)12(13,14)15/h9-11H,2-8,16H2,1H3. The lowest BCUT2D eigenvalue weighted by atomic mass is 9.83. The molecule has 1 aliphatic rings. The minimum absolute atomic E-state index is 0.00520. The van der Waals surface area contributed by atoms with Crippen molar-refractivity contribution in [3.05, 3.63) is 0 Å². The summed E-state index contributed by atoms with van der Waals surface area (Å²) in [6.07, 6.45) is -1.88. The Morgan fingerprint density at radius 1 is 1.35 bits per heavy atom. The van der Waals surface area contributed by atoms with Gasteiger partial charge in [0, 0.05) is 0 Å². The number of halogens is 3. The van der Waals surface area contributed by atoms with Crippen molar-refractivity contribution in [1.82, 2.24) is 0 Å². The average molecular weight is 253 g/mol. The minimum atomic E-state index is -4.29. The monoisotopic (exact) mass is 253 g/mol. The van der Waals surface area contributed by atoms with Gasteiger partial charge in [-0.15, -0.1) is 0 Å². The lowest BCUT2D eigenvalue weighted by molar-refractivity contribution is -0.225. The van der Waals surface area contributed by atoms with Crippen molar-refractivity contribution in [3.8, 4) is 0 Å². The van der Waals surface area contributed by atoms with Crippen molar-refractivity contribution >= 4 is 0 Å². The third kappa shape index (κ3) is 5.25. The van der Waals surface area contributed by atoms with Gasteiger partial charge in [0.2, 0.25) is 0 Å². The third-order valence-corrected chi connectivity index (χ3v) is 3.37. The first-order valence-electron chi connectivity index (χ1n) is 6.32. The second kappa shape index (κ2) is 6.59. The molecule has 2 nitrogen and oxygen atoms in total. The number of hydrogen-bond donors (Lipinski definition) is 1. The first-order valence-corrected chi connectivity index (χ1v) is 6.32. The molecule has 0 aromatic rings. The molecule has 1 saturated carbocycles. The molecule has 1 rings (SSSR count). The van der Waals surface area contributed by atoms with E-state index in [2.05, 4.69) is 6.92 Å². The van der Waals surface area contributed by atoms with Crippen molar-refractivity contribution in [2.75, 3.05) is 13.2 Å². The minimum Gasteiger partial charge on any atom is -0.368 e. The van der Waals surface area contributed by atoms with Crippen LogP contribution in [0.3, 0.4) is 0 Å². The first-order chi connectivity index (χ1) is 7.93. The van der Waals surface area contributed by atoms with Gasteiger partial charge in [-0.05, 0) is 37.6 Å². The number of nitrogens with two attached hydrogens (primary N) is 1. The van der Waals surface area contributed by atoms with Crippen molar-refractivity contribution < 1.29 is 17.9 Å². The van der Waals surface area contributed by atoms with Crippen molar-refractivity contribution in [1.29, 1.82) is 0 Å². The van der Waals surface area contributed by atoms with Crippen LogP contribution in [0.15, 0.2) is 0 Å². The molecule has 5 heteroatoms.